The summed E-state index contributed by atoms with van der Waals surface area (Å²) in [6, 6.07) is 4.65. The number of nitrogens with zero attached hydrogens (tertiary/aromatic N) is 3. The SMILES string of the molecule is Cn1cc(S(=O)(=O)Nc2cccnn2)cc1CN. The predicted molar refractivity (Wildman–Crippen MR) is 66.1 cm³/mol. The maximum absolute atomic E-state index is 12.1. The molecule has 0 aromatic carbocycles. The Balaban J connectivity index is 2.31. The molecule has 2 rings (SSSR count). The fourth-order valence-corrected chi connectivity index (χ4v) is 2.57. The fourth-order valence-electron chi connectivity index (χ4n) is 1.48. The van der Waals surface area contributed by atoms with E-state index in [2.05, 4.69) is 14.9 Å². The number of aryl methyl sites for hydroxylation is 1. The third-order valence-electron chi connectivity index (χ3n) is 2.41. The number of hydrogen-bond acceptors (Lipinski definition) is 5. The van der Waals surface area contributed by atoms with Crippen molar-refractivity contribution in [2.24, 2.45) is 12.8 Å². The van der Waals surface area contributed by atoms with Gasteiger partial charge in [-0.05, 0) is 18.2 Å². The predicted octanol–water partition coefficient (Wildman–Crippen LogP) is 0.0746. The maximum Gasteiger partial charge on any atom is 0.264 e. The Kier molecular flexibility index (Phi) is 3.30. The number of rotatable bonds is 4. The average molecular weight is 267 g/mol. The second-order valence-corrected chi connectivity index (χ2v) is 5.38. The highest BCUT2D eigenvalue weighted by Crippen LogP contribution is 2.16. The zero-order valence-corrected chi connectivity index (χ0v) is 10.6. The number of nitrogens with one attached hydrogen (secondary N) is 1. The largest absolute Gasteiger partial charge is 0.352 e. The molecule has 0 aliphatic heterocycles. The zero-order chi connectivity index (χ0) is 13.2. The molecular weight excluding hydrogens is 254 g/mol. The van der Waals surface area contributed by atoms with Gasteiger partial charge in [-0.15, -0.1) is 5.10 Å². The van der Waals surface area contributed by atoms with Gasteiger partial charge in [0.25, 0.3) is 10.0 Å². The van der Waals surface area contributed by atoms with Gasteiger partial charge in [0.1, 0.15) is 4.90 Å². The Bertz CT molecular complexity index is 636. The molecule has 0 radical (unpaired) electrons. The normalized spacial score (nSPS) is 11.4. The number of hydrogen-bond donors (Lipinski definition) is 2. The van der Waals surface area contributed by atoms with Crippen molar-refractivity contribution in [2.45, 2.75) is 11.4 Å². The van der Waals surface area contributed by atoms with E-state index in [-0.39, 0.29) is 17.3 Å². The smallest absolute Gasteiger partial charge is 0.264 e. The lowest BCUT2D eigenvalue weighted by atomic mass is 10.4. The van der Waals surface area contributed by atoms with Crippen LogP contribution >= 0.6 is 0 Å². The van der Waals surface area contributed by atoms with Crippen LogP contribution in [0.3, 0.4) is 0 Å². The van der Waals surface area contributed by atoms with E-state index in [0.29, 0.717) is 0 Å². The maximum atomic E-state index is 12.1. The average Bonchev–Trinajstić information content (AvgIpc) is 2.72. The Morgan fingerprint density at radius 3 is 2.83 bits per heavy atom. The topological polar surface area (TPSA) is 103 Å². The van der Waals surface area contributed by atoms with Crippen molar-refractivity contribution in [1.82, 2.24) is 14.8 Å². The van der Waals surface area contributed by atoms with Crippen LogP contribution in [0.15, 0.2) is 35.5 Å². The molecule has 0 amide bonds. The van der Waals surface area contributed by atoms with Crippen LogP contribution in [0, 0.1) is 0 Å². The quantitative estimate of drug-likeness (QED) is 0.816. The summed E-state index contributed by atoms with van der Waals surface area (Å²) in [5.41, 5.74) is 6.23. The van der Waals surface area contributed by atoms with Crippen molar-refractivity contribution >= 4 is 15.8 Å². The van der Waals surface area contributed by atoms with Gasteiger partial charge in [-0.3, -0.25) is 4.72 Å². The highest BCUT2D eigenvalue weighted by Gasteiger charge is 2.17. The van der Waals surface area contributed by atoms with Gasteiger partial charge in [-0.1, -0.05) is 0 Å². The minimum atomic E-state index is -3.65. The van der Waals surface area contributed by atoms with Crippen LogP contribution in [0.25, 0.3) is 0 Å². The van der Waals surface area contributed by atoms with Gasteiger partial charge in [0, 0.05) is 31.7 Å². The van der Waals surface area contributed by atoms with Crippen molar-refractivity contribution < 1.29 is 8.42 Å². The van der Waals surface area contributed by atoms with Gasteiger partial charge >= 0.3 is 0 Å². The first-order chi connectivity index (χ1) is 8.53. The summed E-state index contributed by atoms with van der Waals surface area (Å²) < 4.78 is 28.1. The lowest BCUT2D eigenvalue weighted by Gasteiger charge is -2.03. The molecule has 2 aromatic rings. The second-order valence-electron chi connectivity index (χ2n) is 3.70. The molecule has 8 heteroatoms. The van der Waals surface area contributed by atoms with Crippen LogP contribution in [0.2, 0.25) is 0 Å². The van der Waals surface area contributed by atoms with Crippen LogP contribution < -0.4 is 10.5 Å². The van der Waals surface area contributed by atoms with E-state index in [1.807, 2.05) is 0 Å². The molecule has 2 aromatic heterocycles. The lowest BCUT2D eigenvalue weighted by molar-refractivity contribution is 0.600. The molecule has 3 N–H and O–H groups in total. The molecule has 7 nitrogen and oxygen atoms in total. The Morgan fingerprint density at radius 1 is 1.50 bits per heavy atom. The molecule has 2 heterocycles. The van der Waals surface area contributed by atoms with Gasteiger partial charge in [0.05, 0.1) is 0 Å². The van der Waals surface area contributed by atoms with Gasteiger partial charge in [-0.2, -0.15) is 5.10 Å². The van der Waals surface area contributed by atoms with Crippen molar-refractivity contribution in [1.29, 1.82) is 0 Å². The summed E-state index contributed by atoms with van der Waals surface area (Å²) in [7, 11) is -1.91. The van der Waals surface area contributed by atoms with Crippen LogP contribution in [0.1, 0.15) is 5.69 Å². The Morgan fingerprint density at radius 2 is 2.28 bits per heavy atom. The first-order valence-electron chi connectivity index (χ1n) is 5.19. The van der Waals surface area contributed by atoms with Gasteiger partial charge in [0.2, 0.25) is 0 Å². The number of nitrogens with two attached hydrogens (primary N) is 1. The van der Waals surface area contributed by atoms with Gasteiger partial charge < -0.3 is 10.3 Å². The van der Waals surface area contributed by atoms with Crippen molar-refractivity contribution in [3.8, 4) is 0 Å². The molecule has 0 fully saturated rings. The lowest BCUT2D eigenvalue weighted by Crippen LogP contribution is -2.13. The summed E-state index contributed by atoms with van der Waals surface area (Å²) >= 11 is 0. The van der Waals surface area contributed by atoms with Gasteiger partial charge in [-0.25, -0.2) is 8.42 Å². The van der Waals surface area contributed by atoms with Crippen LogP contribution in [0.4, 0.5) is 5.82 Å². The summed E-state index contributed by atoms with van der Waals surface area (Å²) in [6.07, 6.45) is 2.97. The Hall–Kier alpha value is -1.93. The molecule has 0 spiro atoms. The van der Waals surface area contributed by atoms with E-state index in [1.165, 1.54) is 24.5 Å². The van der Waals surface area contributed by atoms with Crippen LogP contribution in [0.5, 0.6) is 0 Å². The molecule has 0 saturated carbocycles. The van der Waals surface area contributed by atoms with Gasteiger partial charge in [0.15, 0.2) is 5.82 Å². The number of anilines is 1. The third-order valence-corrected chi connectivity index (χ3v) is 3.74. The fraction of sp³-hybridized carbons (Fsp3) is 0.200. The molecule has 0 bridgehead atoms. The molecule has 0 saturated heterocycles. The van der Waals surface area contributed by atoms with Crippen LogP contribution in [-0.2, 0) is 23.6 Å². The molecule has 0 aliphatic carbocycles. The van der Waals surface area contributed by atoms with E-state index in [4.69, 9.17) is 5.73 Å². The molecule has 0 unspecified atom stereocenters. The third kappa shape index (κ3) is 2.49. The number of sulfonamides is 1. The first-order valence-corrected chi connectivity index (χ1v) is 6.67. The van der Waals surface area contributed by atoms with E-state index in [9.17, 15) is 8.42 Å². The molecule has 18 heavy (non-hydrogen) atoms. The highest BCUT2D eigenvalue weighted by atomic mass is 32.2. The first kappa shape index (κ1) is 12.5. The monoisotopic (exact) mass is 267 g/mol. The minimum absolute atomic E-state index is 0.149. The van der Waals surface area contributed by atoms with Crippen LogP contribution in [-0.4, -0.2) is 23.2 Å². The molecule has 96 valence electrons. The van der Waals surface area contributed by atoms with Crippen molar-refractivity contribution in [3.05, 3.63) is 36.3 Å². The highest BCUT2D eigenvalue weighted by molar-refractivity contribution is 7.92. The van der Waals surface area contributed by atoms with Crippen molar-refractivity contribution in [3.63, 3.8) is 0 Å². The van der Waals surface area contributed by atoms with E-state index < -0.39 is 10.0 Å². The molecule has 0 atom stereocenters. The second kappa shape index (κ2) is 4.75. The Labute approximate surface area is 105 Å². The van der Waals surface area contributed by atoms with E-state index in [1.54, 1.807) is 17.7 Å². The summed E-state index contributed by atoms with van der Waals surface area (Å²) in [5.74, 6) is 0.177. The standard InChI is InChI=1S/C10H13N5O2S/c1-15-7-9(5-8(15)6-11)18(16,17)14-10-3-2-4-12-13-10/h2-5,7H,6,11H2,1H3,(H,13,14). The molecule has 0 aliphatic rings. The molecular formula is C10H13N5O2S. The summed E-state index contributed by atoms with van der Waals surface area (Å²) in [6.45, 7) is 0.275. The van der Waals surface area contributed by atoms with Crippen molar-refractivity contribution in [2.75, 3.05) is 4.72 Å². The zero-order valence-electron chi connectivity index (χ0n) is 9.74. The number of aromatic nitrogens is 3. The minimum Gasteiger partial charge on any atom is -0.352 e. The summed E-state index contributed by atoms with van der Waals surface area (Å²) in [4.78, 5) is 0.149. The van der Waals surface area contributed by atoms with E-state index >= 15 is 0 Å². The van der Waals surface area contributed by atoms with E-state index in [0.717, 1.165) is 5.69 Å². The summed E-state index contributed by atoms with van der Waals surface area (Å²) in [5, 5.41) is 7.27.